The van der Waals surface area contributed by atoms with Gasteiger partial charge in [-0.25, -0.2) is 13.1 Å². The molecule has 108 valence electrons. The highest BCUT2D eigenvalue weighted by Crippen LogP contribution is 2.12. The van der Waals surface area contributed by atoms with Gasteiger partial charge in [0.1, 0.15) is 6.42 Å². The first-order valence-electron chi connectivity index (χ1n) is 6.63. The van der Waals surface area contributed by atoms with Gasteiger partial charge in [-0.2, -0.15) is 5.26 Å². The number of piperidine rings is 1. The SMILES string of the molecule is CCCCS(=O)(=O)NC1CCN(C(=O)CC#N)CC1. The van der Waals surface area contributed by atoms with E-state index in [4.69, 9.17) is 5.26 Å². The average Bonchev–Trinajstić information content (AvgIpc) is 2.37. The van der Waals surface area contributed by atoms with Crippen LogP contribution in [0.25, 0.3) is 0 Å². The molecule has 1 rings (SSSR count). The van der Waals surface area contributed by atoms with Crippen molar-refractivity contribution in [3.63, 3.8) is 0 Å². The lowest BCUT2D eigenvalue weighted by atomic mass is 10.1. The summed E-state index contributed by atoms with van der Waals surface area (Å²) < 4.78 is 26.2. The maximum Gasteiger partial charge on any atom is 0.236 e. The summed E-state index contributed by atoms with van der Waals surface area (Å²) in [5, 5.41) is 8.47. The van der Waals surface area contributed by atoms with Gasteiger partial charge in [0.15, 0.2) is 0 Å². The third kappa shape index (κ3) is 5.57. The fourth-order valence-corrected chi connectivity index (χ4v) is 3.60. The minimum atomic E-state index is -3.20. The molecular formula is C12H21N3O3S. The number of nitrogens with one attached hydrogen (secondary N) is 1. The Labute approximate surface area is 114 Å². The molecule has 0 spiro atoms. The molecule has 0 unspecified atom stereocenters. The van der Waals surface area contributed by atoms with E-state index < -0.39 is 10.0 Å². The summed E-state index contributed by atoms with van der Waals surface area (Å²) in [7, 11) is -3.20. The van der Waals surface area contributed by atoms with Crippen molar-refractivity contribution < 1.29 is 13.2 Å². The molecule has 7 heteroatoms. The molecule has 0 aromatic rings. The fourth-order valence-electron chi connectivity index (χ4n) is 2.07. The van der Waals surface area contributed by atoms with Crippen LogP contribution in [0.3, 0.4) is 0 Å². The van der Waals surface area contributed by atoms with Crippen LogP contribution in [0.4, 0.5) is 0 Å². The van der Waals surface area contributed by atoms with Crippen LogP contribution >= 0.6 is 0 Å². The van der Waals surface area contributed by atoms with Gasteiger partial charge in [-0.15, -0.1) is 0 Å². The summed E-state index contributed by atoms with van der Waals surface area (Å²) in [4.78, 5) is 13.1. The molecule has 0 atom stereocenters. The molecule has 0 aromatic carbocycles. The Morgan fingerprint density at radius 3 is 2.58 bits per heavy atom. The smallest absolute Gasteiger partial charge is 0.236 e. The standard InChI is InChI=1S/C12H21N3O3S/c1-2-3-10-19(17,18)14-11-5-8-15(9-6-11)12(16)4-7-13/h11,14H,2-6,8-10H2,1H3. The van der Waals surface area contributed by atoms with E-state index in [-0.39, 0.29) is 24.1 Å². The van der Waals surface area contributed by atoms with E-state index in [1.807, 2.05) is 13.0 Å². The molecule has 1 saturated heterocycles. The number of amides is 1. The Balaban J connectivity index is 2.38. The van der Waals surface area contributed by atoms with Gasteiger partial charge in [-0.3, -0.25) is 4.79 Å². The number of nitrogens with zero attached hydrogens (tertiary/aromatic N) is 2. The minimum absolute atomic E-state index is 0.0898. The van der Waals surface area contributed by atoms with Crippen molar-refractivity contribution in [1.29, 1.82) is 5.26 Å². The molecule has 0 bridgehead atoms. The van der Waals surface area contributed by atoms with E-state index >= 15 is 0 Å². The normalized spacial score (nSPS) is 17.2. The topological polar surface area (TPSA) is 90.3 Å². The molecule has 1 heterocycles. The second-order valence-electron chi connectivity index (χ2n) is 4.78. The number of hydrogen-bond acceptors (Lipinski definition) is 4. The predicted octanol–water partition coefficient (Wildman–Crippen LogP) is 0.611. The van der Waals surface area contributed by atoms with Crippen molar-refractivity contribution in [3.8, 4) is 6.07 Å². The van der Waals surface area contributed by atoms with Crippen molar-refractivity contribution in [2.75, 3.05) is 18.8 Å². The van der Waals surface area contributed by atoms with Crippen LogP contribution in [-0.4, -0.2) is 44.1 Å². The molecule has 0 radical (unpaired) electrons. The largest absolute Gasteiger partial charge is 0.342 e. The number of rotatable bonds is 6. The number of unbranched alkanes of at least 4 members (excludes halogenated alkanes) is 1. The summed E-state index contributed by atoms with van der Waals surface area (Å²) >= 11 is 0. The van der Waals surface area contributed by atoms with Crippen molar-refractivity contribution in [2.24, 2.45) is 0 Å². The zero-order valence-electron chi connectivity index (χ0n) is 11.3. The van der Waals surface area contributed by atoms with Gasteiger partial charge in [0.25, 0.3) is 0 Å². The zero-order chi connectivity index (χ0) is 14.3. The minimum Gasteiger partial charge on any atom is -0.342 e. The van der Waals surface area contributed by atoms with Crippen LogP contribution in [0.5, 0.6) is 0 Å². The van der Waals surface area contributed by atoms with Gasteiger partial charge in [-0.05, 0) is 19.3 Å². The van der Waals surface area contributed by atoms with E-state index in [1.165, 1.54) is 0 Å². The van der Waals surface area contributed by atoms with Crippen LogP contribution in [0.1, 0.15) is 39.0 Å². The van der Waals surface area contributed by atoms with Crippen LogP contribution in [-0.2, 0) is 14.8 Å². The molecule has 6 nitrogen and oxygen atoms in total. The van der Waals surface area contributed by atoms with Crippen molar-refractivity contribution in [2.45, 2.75) is 45.1 Å². The van der Waals surface area contributed by atoms with Crippen LogP contribution in [0.2, 0.25) is 0 Å². The first kappa shape index (κ1) is 15.9. The third-order valence-corrected chi connectivity index (χ3v) is 4.71. The van der Waals surface area contributed by atoms with Gasteiger partial charge < -0.3 is 4.90 Å². The molecule has 1 amide bonds. The summed E-state index contributed by atoms with van der Waals surface area (Å²) in [6.07, 6.45) is 2.63. The van der Waals surface area contributed by atoms with Crippen LogP contribution in [0.15, 0.2) is 0 Å². The average molecular weight is 287 g/mol. The molecule has 19 heavy (non-hydrogen) atoms. The molecule has 1 aliphatic rings. The molecule has 1 N–H and O–H groups in total. The summed E-state index contributed by atoms with van der Waals surface area (Å²) in [5.74, 6) is -0.00772. The first-order chi connectivity index (χ1) is 8.98. The van der Waals surface area contributed by atoms with E-state index in [0.717, 1.165) is 6.42 Å². The highest BCUT2D eigenvalue weighted by Gasteiger charge is 2.25. The number of carbonyl (C=O) groups excluding carboxylic acids is 1. The molecule has 0 saturated carbocycles. The van der Waals surface area contributed by atoms with Gasteiger partial charge in [0, 0.05) is 19.1 Å². The molecule has 1 fully saturated rings. The van der Waals surface area contributed by atoms with Gasteiger partial charge in [0.05, 0.1) is 11.8 Å². The van der Waals surface area contributed by atoms with Crippen LogP contribution < -0.4 is 4.72 Å². The monoisotopic (exact) mass is 287 g/mol. The Bertz CT molecular complexity index is 434. The van der Waals surface area contributed by atoms with E-state index in [0.29, 0.717) is 32.4 Å². The summed E-state index contributed by atoms with van der Waals surface area (Å²) in [6, 6.07) is 1.74. The third-order valence-electron chi connectivity index (χ3n) is 3.19. The molecule has 0 aromatic heterocycles. The lowest BCUT2D eigenvalue weighted by Gasteiger charge is -2.31. The highest BCUT2D eigenvalue weighted by atomic mass is 32.2. The van der Waals surface area contributed by atoms with Gasteiger partial charge in [-0.1, -0.05) is 13.3 Å². The van der Waals surface area contributed by atoms with E-state index in [9.17, 15) is 13.2 Å². The van der Waals surface area contributed by atoms with Gasteiger partial charge >= 0.3 is 0 Å². The molecular weight excluding hydrogens is 266 g/mol. The maximum atomic E-state index is 11.7. The summed E-state index contributed by atoms with van der Waals surface area (Å²) in [6.45, 7) is 2.98. The number of sulfonamides is 1. The number of likely N-dealkylation sites (tertiary alicyclic amines) is 1. The Morgan fingerprint density at radius 2 is 2.05 bits per heavy atom. The lowest BCUT2D eigenvalue weighted by molar-refractivity contribution is -0.131. The Hall–Kier alpha value is -1.13. The maximum absolute atomic E-state index is 11.7. The number of hydrogen-bond donors (Lipinski definition) is 1. The Morgan fingerprint density at radius 1 is 1.42 bits per heavy atom. The highest BCUT2D eigenvalue weighted by molar-refractivity contribution is 7.89. The van der Waals surface area contributed by atoms with Crippen molar-refractivity contribution in [3.05, 3.63) is 0 Å². The van der Waals surface area contributed by atoms with Gasteiger partial charge in [0.2, 0.25) is 15.9 Å². The fraction of sp³-hybridized carbons (Fsp3) is 0.833. The molecule has 0 aliphatic carbocycles. The van der Waals surface area contributed by atoms with Crippen LogP contribution in [0, 0.1) is 11.3 Å². The van der Waals surface area contributed by atoms with E-state index in [2.05, 4.69) is 4.72 Å². The predicted molar refractivity (Wildman–Crippen MR) is 71.7 cm³/mol. The quantitative estimate of drug-likeness (QED) is 0.775. The summed E-state index contributed by atoms with van der Waals surface area (Å²) in [5.41, 5.74) is 0. The second kappa shape index (κ2) is 7.46. The first-order valence-corrected chi connectivity index (χ1v) is 8.28. The van der Waals surface area contributed by atoms with E-state index in [1.54, 1.807) is 4.90 Å². The Kier molecular flexibility index (Phi) is 6.25. The zero-order valence-corrected chi connectivity index (χ0v) is 12.1. The lowest BCUT2D eigenvalue weighted by Crippen LogP contribution is -2.46. The van der Waals surface area contributed by atoms with Crippen molar-refractivity contribution >= 4 is 15.9 Å². The molecule has 1 aliphatic heterocycles. The van der Waals surface area contributed by atoms with Crippen molar-refractivity contribution in [1.82, 2.24) is 9.62 Å². The second-order valence-corrected chi connectivity index (χ2v) is 6.65. The number of carbonyl (C=O) groups is 1. The number of nitriles is 1.